The van der Waals surface area contributed by atoms with E-state index in [2.05, 4.69) is 10.6 Å². The molecule has 26 heavy (non-hydrogen) atoms. The van der Waals surface area contributed by atoms with Crippen molar-refractivity contribution in [2.45, 2.75) is 19.3 Å². The summed E-state index contributed by atoms with van der Waals surface area (Å²) in [6.45, 7) is 1.68. The number of alkyl carbamates (subject to hydrolysis) is 1. The summed E-state index contributed by atoms with van der Waals surface area (Å²) < 4.78 is 43.3. The molecule has 0 heterocycles. The number of carbonyl (C=O) groups excluding carboxylic acids is 2. The fraction of sp³-hybridized carbons (Fsp3) is 0.222. The molecule has 0 aliphatic heterocycles. The number of Topliss-reactive ketones (excluding diaryl/α,β-unsaturated/α-hetero) is 1. The predicted octanol–water partition coefficient (Wildman–Crippen LogP) is 4.07. The first kappa shape index (κ1) is 19.3. The predicted molar refractivity (Wildman–Crippen MR) is 89.8 cm³/mol. The normalized spacial score (nSPS) is 12.2. The van der Waals surface area contributed by atoms with Crippen LogP contribution in [-0.4, -0.2) is 24.6 Å². The first-order valence-corrected chi connectivity index (χ1v) is 7.77. The Morgan fingerprint density at radius 2 is 1.77 bits per heavy atom. The second-order valence-electron chi connectivity index (χ2n) is 5.25. The number of halogens is 3. The highest BCUT2D eigenvalue weighted by Crippen LogP contribution is 2.30. The van der Waals surface area contributed by atoms with Crippen LogP contribution in [0.15, 0.2) is 54.6 Å². The van der Waals surface area contributed by atoms with Crippen LogP contribution in [0.2, 0.25) is 0 Å². The van der Waals surface area contributed by atoms with Crippen LogP contribution >= 0.6 is 0 Å². The Balaban J connectivity index is 2.26. The van der Waals surface area contributed by atoms with Gasteiger partial charge in [-0.15, -0.1) is 0 Å². The molecule has 0 bridgehead atoms. The summed E-state index contributed by atoms with van der Waals surface area (Å²) in [4.78, 5) is 24.3. The van der Waals surface area contributed by atoms with Crippen molar-refractivity contribution in [2.75, 3.05) is 11.9 Å². The van der Waals surface area contributed by atoms with Crippen LogP contribution in [0.25, 0.3) is 0 Å². The number of amides is 1. The molecule has 0 fully saturated rings. The van der Waals surface area contributed by atoms with Gasteiger partial charge in [0, 0.05) is 11.3 Å². The minimum atomic E-state index is -4.52. The standard InChI is InChI=1S/C18H17F3N2O3/c1-2-26-17(25)23-16(15(24)12-7-4-3-5-8-12)22-14-10-6-9-13(11-14)18(19,20)21/h3-11,16,22H,2H2,1H3,(H,23,25). The molecule has 2 rings (SSSR count). The molecule has 138 valence electrons. The summed E-state index contributed by atoms with van der Waals surface area (Å²) in [6.07, 6.45) is -6.67. The van der Waals surface area contributed by atoms with Crippen LogP contribution in [0.1, 0.15) is 22.8 Å². The van der Waals surface area contributed by atoms with Gasteiger partial charge in [-0.1, -0.05) is 36.4 Å². The topological polar surface area (TPSA) is 67.4 Å². The molecular weight excluding hydrogens is 349 g/mol. The van der Waals surface area contributed by atoms with Gasteiger partial charge in [-0.2, -0.15) is 13.2 Å². The molecule has 1 amide bonds. The molecule has 1 atom stereocenters. The summed E-state index contributed by atoms with van der Waals surface area (Å²) in [7, 11) is 0. The Kier molecular flexibility index (Phi) is 6.21. The zero-order chi connectivity index (χ0) is 19.2. The van der Waals surface area contributed by atoms with Crippen LogP contribution < -0.4 is 10.6 Å². The van der Waals surface area contributed by atoms with Gasteiger partial charge >= 0.3 is 12.3 Å². The molecule has 0 saturated heterocycles. The minimum Gasteiger partial charge on any atom is -0.450 e. The van der Waals surface area contributed by atoms with E-state index in [4.69, 9.17) is 4.74 Å². The molecule has 0 aliphatic rings. The van der Waals surface area contributed by atoms with Crippen LogP contribution in [-0.2, 0) is 10.9 Å². The first-order valence-electron chi connectivity index (χ1n) is 7.77. The van der Waals surface area contributed by atoms with Crippen molar-refractivity contribution in [2.24, 2.45) is 0 Å². The number of anilines is 1. The Labute approximate surface area is 148 Å². The SMILES string of the molecule is CCOC(=O)NC(Nc1cccc(C(F)(F)F)c1)C(=O)c1ccccc1. The number of rotatable bonds is 6. The van der Waals surface area contributed by atoms with Gasteiger partial charge in [0.05, 0.1) is 12.2 Å². The lowest BCUT2D eigenvalue weighted by Crippen LogP contribution is -2.46. The van der Waals surface area contributed by atoms with Gasteiger partial charge in [0.1, 0.15) is 0 Å². The molecule has 5 nitrogen and oxygen atoms in total. The molecule has 0 radical (unpaired) electrons. The number of benzene rings is 2. The molecule has 2 N–H and O–H groups in total. The van der Waals surface area contributed by atoms with E-state index in [0.717, 1.165) is 12.1 Å². The van der Waals surface area contributed by atoms with Gasteiger partial charge in [-0.3, -0.25) is 10.1 Å². The third-order valence-corrected chi connectivity index (χ3v) is 3.36. The van der Waals surface area contributed by atoms with E-state index in [-0.39, 0.29) is 17.9 Å². The summed E-state index contributed by atoms with van der Waals surface area (Å²) in [5.74, 6) is -0.518. The molecule has 0 aromatic heterocycles. The number of hydrogen-bond donors (Lipinski definition) is 2. The van der Waals surface area contributed by atoms with E-state index in [1.165, 1.54) is 24.3 Å². The van der Waals surface area contributed by atoms with Crippen molar-refractivity contribution >= 4 is 17.6 Å². The van der Waals surface area contributed by atoms with E-state index in [1.54, 1.807) is 25.1 Å². The largest absolute Gasteiger partial charge is 0.450 e. The highest BCUT2D eigenvalue weighted by molar-refractivity contribution is 6.02. The fourth-order valence-electron chi connectivity index (χ4n) is 2.18. The zero-order valence-electron chi connectivity index (χ0n) is 13.8. The van der Waals surface area contributed by atoms with Crippen LogP contribution in [0, 0.1) is 0 Å². The van der Waals surface area contributed by atoms with Crippen molar-refractivity contribution in [3.8, 4) is 0 Å². The van der Waals surface area contributed by atoms with Crippen LogP contribution in [0.3, 0.4) is 0 Å². The first-order chi connectivity index (χ1) is 12.3. The summed E-state index contributed by atoms with van der Waals surface area (Å²) in [5.41, 5.74) is -0.552. The Morgan fingerprint density at radius 3 is 2.38 bits per heavy atom. The maximum atomic E-state index is 12.9. The maximum Gasteiger partial charge on any atom is 0.416 e. The number of hydrogen-bond acceptors (Lipinski definition) is 4. The van der Waals surface area contributed by atoms with E-state index < -0.39 is 29.8 Å². The summed E-state index contributed by atoms with van der Waals surface area (Å²) >= 11 is 0. The Bertz CT molecular complexity index is 764. The quantitative estimate of drug-likeness (QED) is 0.597. The van der Waals surface area contributed by atoms with Crippen molar-refractivity contribution in [1.29, 1.82) is 0 Å². The lowest BCUT2D eigenvalue weighted by molar-refractivity contribution is -0.137. The average Bonchev–Trinajstić information content (AvgIpc) is 2.61. The molecule has 0 aliphatic carbocycles. The third kappa shape index (κ3) is 5.23. The molecule has 2 aromatic carbocycles. The summed E-state index contributed by atoms with van der Waals surface area (Å²) in [5, 5.41) is 4.94. The smallest absolute Gasteiger partial charge is 0.416 e. The van der Waals surface area contributed by atoms with Crippen molar-refractivity contribution in [3.05, 3.63) is 65.7 Å². The van der Waals surface area contributed by atoms with Crippen LogP contribution in [0.5, 0.6) is 0 Å². The van der Waals surface area contributed by atoms with Gasteiger partial charge < -0.3 is 10.1 Å². The van der Waals surface area contributed by atoms with Gasteiger partial charge in [-0.05, 0) is 25.1 Å². The number of ether oxygens (including phenoxy) is 1. The second-order valence-corrected chi connectivity index (χ2v) is 5.25. The molecular formula is C18H17F3N2O3. The molecule has 8 heteroatoms. The number of ketones is 1. The van der Waals surface area contributed by atoms with Gasteiger partial charge in [0.25, 0.3) is 0 Å². The fourth-order valence-corrected chi connectivity index (χ4v) is 2.18. The second kappa shape index (κ2) is 8.37. The minimum absolute atomic E-state index is 0.0332. The lowest BCUT2D eigenvalue weighted by atomic mass is 10.1. The van der Waals surface area contributed by atoms with Gasteiger partial charge in [-0.25, -0.2) is 4.79 Å². The van der Waals surface area contributed by atoms with Crippen LogP contribution in [0.4, 0.5) is 23.7 Å². The van der Waals surface area contributed by atoms with Crippen molar-refractivity contribution in [1.82, 2.24) is 5.32 Å². The summed E-state index contributed by atoms with van der Waals surface area (Å²) in [6, 6.07) is 12.4. The lowest BCUT2D eigenvalue weighted by Gasteiger charge is -2.20. The highest BCUT2D eigenvalue weighted by atomic mass is 19.4. The highest BCUT2D eigenvalue weighted by Gasteiger charge is 2.31. The monoisotopic (exact) mass is 366 g/mol. The van der Waals surface area contributed by atoms with E-state index in [9.17, 15) is 22.8 Å². The molecule has 0 spiro atoms. The zero-order valence-corrected chi connectivity index (χ0v) is 13.8. The van der Waals surface area contributed by atoms with Gasteiger partial charge in [0.2, 0.25) is 5.78 Å². The Hall–Kier alpha value is -3.03. The number of carbonyl (C=O) groups is 2. The number of nitrogens with one attached hydrogen (secondary N) is 2. The molecule has 2 aromatic rings. The average molecular weight is 366 g/mol. The van der Waals surface area contributed by atoms with E-state index >= 15 is 0 Å². The Morgan fingerprint density at radius 1 is 1.08 bits per heavy atom. The van der Waals surface area contributed by atoms with Crippen molar-refractivity contribution in [3.63, 3.8) is 0 Å². The third-order valence-electron chi connectivity index (χ3n) is 3.36. The maximum absolute atomic E-state index is 12.9. The molecule has 0 saturated carbocycles. The van der Waals surface area contributed by atoms with Gasteiger partial charge in [0.15, 0.2) is 6.17 Å². The molecule has 1 unspecified atom stereocenters. The number of alkyl halides is 3. The van der Waals surface area contributed by atoms with Crippen molar-refractivity contribution < 1.29 is 27.5 Å². The van der Waals surface area contributed by atoms with E-state index in [0.29, 0.717) is 0 Å². The van der Waals surface area contributed by atoms with E-state index in [1.807, 2.05) is 0 Å².